The number of carbonyl (C=O) groups is 2. The zero-order valence-electron chi connectivity index (χ0n) is 8.20. The number of aromatic carboxylic acids is 1. The Labute approximate surface area is 85.3 Å². The molecule has 0 saturated carbocycles. The summed E-state index contributed by atoms with van der Waals surface area (Å²) in [6, 6.07) is 2.01. The molecule has 0 aliphatic heterocycles. The lowest BCUT2D eigenvalue weighted by Gasteiger charge is -2.06. The van der Waals surface area contributed by atoms with Crippen molar-refractivity contribution in [1.82, 2.24) is 0 Å². The van der Waals surface area contributed by atoms with Gasteiger partial charge in [0.05, 0.1) is 18.2 Å². The Morgan fingerprint density at radius 1 is 1.40 bits per heavy atom. The predicted octanol–water partition coefficient (Wildman–Crippen LogP) is 1.62. The van der Waals surface area contributed by atoms with Crippen molar-refractivity contribution in [3.8, 4) is 0 Å². The fourth-order valence-corrected chi connectivity index (χ4v) is 1.23. The van der Waals surface area contributed by atoms with Gasteiger partial charge in [-0.05, 0) is 24.6 Å². The van der Waals surface area contributed by atoms with E-state index >= 15 is 0 Å². The highest BCUT2D eigenvalue weighted by molar-refractivity contribution is 5.94. The number of methoxy groups -OCH3 is 1. The Morgan fingerprint density at radius 3 is 2.40 bits per heavy atom. The fourth-order valence-electron chi connectivity index (χ4n) is 1.23. The molecule has 0 radical (unpaired) electrons. The molecular formula is C10H9FO4. The van der Waals surface area contributed by atoms with Crippen molar-refractivity contribution >= 4 is 11.9 Å². The molecule has 0 aromatic heterocycles. The summed E-state index contributed by atoms with van der Waals surface area (Å²) in [5, 5.41) is 8.64. The second-order valence-corrected chi connectivity index (χ2v) is 2.95. The van der Waals surface area contributed by atoms with Crippen molar-refractivity contribution in [3.05, 3.63) is 34.6 Å². The summed E-state index contributed by atoms with van der Waals surface area (Å²) in [4.78, 5) is 21.7. The van der Waals surface area contributed by atoms with Crippen LogP contribution in [0.15, 0.2) is 12.1 Å². The minimum Gasteiger partial charge on any atom is -0.478 e. The monoisotopic (exact) mass is 212 g/mol. The number of carboxylic acid groups (broad SMARTS) is 1. The van der Waals surface area contributed by atoms with E-state index in [1.165, 1.54) is 13.0 Å². The van der Waals surface area contributed by atoms with E-state index in [2.05, 4.69) is 4.74 Å². The maximum absolute atomic E-state index is 13.3. The first-order chi connectivity index (χ1) is 6.97. The van der Waals surface area contributed by atoms with Gasteiger partial charge in [0.2, 0.25) is 0 Å². The molecule has 0 amide bonds. The second-order valence-electron chi connectivity index (χ2n) is 2.95. The molecule has 0 atom stereocenters. The maximum atomic E-state index is 13.3. The topological polar surface area (TPSA) is 63.6 Å². The molecule has 80 valence electrons. The first-order valence-corrected chi connectivity index (χ1v) is 4.09. The molecule has 5 heteroatoms. The van der Waals surface area contributed by atoms with Gasteiger partial charge in [0, 0.05) is 0 Å². The molecule has 1 aromatic carbocycles. The van der Waals surface area contributed by atoms with Crippen LogP contribution in [0.3, 0.4) is 0 Å². The van der Waals surface area contributed by atoms with E-state index in [0.29, 0.717) is 0 Å². The largest absolute Gasteiger partial charge is 0.478 e. The highest BCUT2D eigenvalue weighted by atomic mass is 19.1. The number of benzene rings is 1. The Hall–Kier alpha value is -1.91. The Bertz CT molecular complexity index is 402. The SMILES string of the molecule is COC(=O)c1c(C)cc(C(=O)O)cc1F. The van der Waals surface area contributed by atoms with Crippen LogP contribution in [0.4, 0.5) is 4.39 Å². The number of halogens is 1. The van der Waals surface area contributed by atoms with Crippen LogP contribution in [0.1, 0.15) is 26.3 Å². The molecule has 0 heterocycles. The van der Waals surface area contributed by atoms with Crippen LogP contribution in [0.5, 0.6) is 0 Å². The van der Waals surface area contributed by atoms with Crippen molar-refractivity contribution in [3.63, 3.8) is 0 Å². The highest BCUT2D eigenvalue weighted by Crippen LogP contribution is 2.17. The maximum Gasteiger partial charge on any atom is 0.341 e. The number of aryl methyl sites for hydroxylation is 1. The summed E-state index contributed by atoms with van der Waals surface area (Å²) in [5.41, 5.74) is -0.195. The number of hydrogen-bond donors (Lipinski definition) is 1. The van der Waals surface area contributed by atoms with E-state index in [1.54, 1.807) is 0 Å². The first-order valence-electron chi connectivity index (χ1n) is 4.09. The summed E-state index contributed by atoms with van der Waals surface area (Å²) < 4.78 is 17.7. The van der Waals surface area contributed by atoms with Crippen LogP contribution in [0.25, 0.3) is 0 Å². The summed E-state index contributed by atoms with van der Waals surface area (Å²) in [6.07, 6.45) is 0. The van der Waals surface area contributed by atoms with Gasteiger partial charge >= 0.3 is 11.9 Å². The third kappa shape index (κ3) is 2.12. The predicted molar refractivity (Wildman–Crippen MR) is 49.4 cm³/mol. The van der Waals surface area contributed by atoms with Crippen molar-refractivity contribution in [2.24, 2.45) is 0 Å². The summed E-state index contributed by atoms with van der Waals surface area (Å²) in [5.74, 6) is -2.95. The molecule has 1 N–H and O–H groups in total. The van der Waals surface area contributed by atoms with E-state index in [0.717, 1.165) is 13.2 Å². The van der Waals surface area contributed by atoms with Gasteiger partial charge in [0.15, 0.2) is 0 Å². The normalized spacial score (nSPS) is 9.80. The van der Waals surface area contributed by atoms with Gasteiger partial charge in [0.1, 0.15) is 5.82 Å². The van der Waals surface area contributed by atoms with E-state index in [1.807, 2.05) is 0 Å². The average molecular weight is 212 g/mol. The van der Waals surface area contributed by atoms with Crippen LogP contribution in [-0.2, 0) is 4.74 Å². The molecule has 1 rings (SSSR count). The quantitative estimate of drug-likeness (QED) is 0.756. The standard InChI is InChI=1S/C10H9FO4/c1-5-3-6(9(12)13)4-7(11)8(5)10(14)15-2/h3-4H,1-2H3,(H,12,13). The lowest BCUT2D eigenvalue weighted by atomic mass is 10.0. The lowest BCUT2D eigenvalue weighted by molar-refractivity contribution is 0.0592. The van der Waals surface area contributed by atoms with Crippen molar-refractivity contribution < 1.29 is 23.8 Å². The lowest BCUT2D eigenvalue weighted by Crippen LogP contribution is -2.09. The Morgan fingerprint density at radius 2 is 2.00 bits per heavy atom. The second kappa shape index (κ2) is 4.08. The van der Waals surface area contributed by atoms with E-state index in [-0.39, 0.29) is 16.7 Å². The van der Waals surface area contributed by atoms with Gasteiger partial charge in [-0.2, -0.15) is 0 Å². The highest BCUT2D eigenvalue weighted by Gasteiger charge is 2.18. The van der Waals surface area contributed by atoms with Crippen molar-refractivity contribution in [2.75, 3.05) is 7.11 Å². The first kappa shape index (κ1) is 11.2. The van der Waals surface area contributed by atoms with Crippen LogP contribution < -0.4 is 0 Å². The minimum atomic E-state index is -1.24. The molecule has 1 aromatic rings. The van der Waals surface area contributed by atoms with Crippen LogP contribution in [-0.4, -0.2) is 24.2 Å². The average Bonchev–Trinajstić information content (AvgIpc) is 2.16. The Kier molecular flexibility index (Phi) is 3.04. The molecule has 4 nitrogen and oxygen atoms in total. The molecule has 0 aliphatic rings. The minimum absolute atomic E-state index is 0.197. The van der Waals surface area contributed by atoms with Crippen LogP contribution in [0, 0.1) is 12.7 Å². The number of carbonyl (C=O) groups excluding carboxylic acids is 1. The summed E-state index contributed by atoms with van der Waals surface area (Å²) in [7, 11) is 1.13. The van der Waals surface area contributed by atoms with Gasteiger partial charge in [-0.25, -0.2) is 14.0 Å². The molecule has 0 unspecified atom stereocenters. The number of rotatable bonds is 2. The number of carboxylic acids is 1. The third-order valence-corrected chi connectivity index (χ3v) is 1.92. The third-order valence-electron chi connectivity index (χ3n) is 1.92. The van der Waals surface area contributed by atoms with Crippen LogP contribution in [0.2, 0.25) is 0 Å². The van der Waals surface area contributed by atoms with E-state index < -0.39 is 17.8 Å². The van der Waals surface area contributed by atoms with Gasteiger partial charge in [0.25, 0.3) is 0 Å². The molecule has 0 fully saturated rings. The molecule has 15 heavy (non-hydrogen) atoms. The van der Waals surface area contributed by atoms with Crippen molar-refractivity contribution in [2.45, 2.75) is 6.92 Å². The zero-order valence-corrected chi connectivity index (χ0v) is 8.20. The van der Waals surface area contributed by atoms with E-state index in [9.17, 15) is 14.0 Å². The molecule has 0 spiro atoms. The fraction of sp³-hybridized carbons (Fsp3) is 0.200. The van der Waals surface area contributed by atoms with Gasteiger partial charge < -0.3 is 9.84 Å². The molecular weight excluding hydrogens is 203 g/mol. The number of ether oxygens (including phenoxy) is 1. The summed E-state index contributed by atoms with van der Waals surface area (Å²) in [6.45, 7) is 1.45. The number of hydrogen-bond acceptors (Lipinski definition) is 3. The van der Waals surface area contributed by atoms with Gasteiger partial charge in [-0.3, -0.25) is 0 Å². The summed E-state index contributed by atoms with van der Waals surface area (Å²) >= 11 is 0. The number of esters is 1. The molecule has 0 bridgehead atoms. The van der Waals surface area contributed by atoms with Gasteiger partial charge in [-0.1, -0.05) is 0 Å². The molecule has 0 aliphatic carbocycles. The Balaban J connectivity index is 3.33. The molecule has 0 saturated heterocycles. The van der Waals surface area contributed by atoms with Gasteiger partial charge in [-0.15, -0.1) is 0 Å². The van der Waals surface area contributed by atoms with Crippen molar-refractivity contribution in [1.29, 1.82) is 0 Å². The smallest absolute Gasteiger partial charge is 0.341 e. The zero-order chi connectivity index (χ0) is 11.6. The van der Waals surface area contributed by atoms with Crippen LogP contribution >= 0.6 is 0 Å². The van der Waals surface area contributed by atoms with E-state index in [4.69, 9.17) is 5.11 Å².